The predicted molar refractivity (Wildman–Crippen MR) is 140 cm³/mol. The van der Waals surface area contributed by atoms with Crippen LogP contribution in [0.15, 0.2) is 24.3 Å². The summed E-state index contributed by atoms with van der Waals surface area (Å²) in [4.78, 5) is 49.0. The third-order valence-electron chi connectivity index (χ3n) is 6.94. The lowest BCUT2D eigenvalue weighted by Gasteiger charge is -2.36. The Hall–Kier alpha value is -2.86. The molecule has 2 aliphatic heterocycles. The molecule has 13 heteroatoms. The molecule has 10 nitrogen and oxygen atoms in total. The van der Waals surface area contributed by atoms with Crippen LogP contribution in [0.2, 0.25) is 5.02 Å². The number of thiazole rings is 1. The molecule has 4 heterocycles. The van der Waals surface area contributed by atoms with Crippen LogP contribution in [0, 0.1) is 0 Å². The van der Waals surface area contributed by atoms with Crippen LogP contribution in [0.5, 0.6) is 0 Å². The minimum atomic E-state index is -0.730. The number of carbonyl (C=O) groups is 3. The van der Waals surface area contributed by atoms with Gasteiger partial charge in [-0.1, -0.05) is 11.6 Å². The molecule has 1 aromatic carbocycles. The minimum absolute atomic E-state index is 0. The van der Waals surface area contributed by atoms with Crippen molar-refractivity contribution < 1.29 is 23.9 Å². The van der Waals surface area contributed by atoms with Crippen LogP contribution in [0.3, 0.4) is 0 Å². The standard InChI is InChI=1S/C24H24ClN5O5S.ClH/c1-30-5-4-14-20(10-30)36-23(29-14)22(32)28-16-9-19-18(34-24(33)35-19)8-15(16)27-21(31)17-7-11-6-12(25)2-3-13(11)26-17;/h2-3,6-7,15-16,18-19,26H,4-5,8-10H2,1H3,(H,27,31)(H,28,32);1H. The lowest BCUT2D eigenvalue weighted by atomic mass is 9.86. The Morgan fingerprint density at radius 1 is 1.14 bits per heavy atom. The molecule has 0 spiro atoms. The quantitative estimate of drug-likeness (QED) is 0.414. The summed E-state index contributed by atoms with van der Waals surface area (Å²) in [6.45, 7) is 1.68. The SMILES string of the molecule is CN1CCc2nc(C(=O)NC3CC4OC(=O)OC4CC3NC(=O)c3cc4cc(Cl)ccc4[nH]3)sc2C1.Cl. The minimum Gasteiger partial charge on any atom is -0.427 e. The van der Waals surface area contributed by atoms with Gasteiger partial charge in [0.25, 0.3) is 11.8 Å². The molecule has 37 heavy (non-hydrogen) atoms. The van der Waals surface area contributed by atoms with Gasteiger partial charge in [-0.25, -0.2) is 9.78 Å². The Morgan fingerprint density at radius 2 is 1.84 bits per heavy atom. The number of halogens is 2. The molecule has 196 valence electrons. The van der Waals surface area contributed by atoms with Crippen molar-refractivity contribution in [3.05, 3.63) is 50.6 Å². The molecule has 1 saturated carbocycles. The van der Waals surface area contributed by atoms with E-state index >= 15 is 0 Å². The van der Waals surface area contributed by atoms with Gasteiger partial charge in [0.05, 0.1) is 17.8 Å². The first kappa shape index (κ1) is 25.8. The van der Waals surface area contributed by atoms with Crippen molar-refractivity contribution in [2.75, 3.05) is 13.6 Å². The average Bonchev–Trinajstić information content (AvgIpc) is 3.54. The molecule has 3 N–H and O–H groups in total. The van der Waals surface area contributed by atoms with Crippen LogP contribution in [0.25, 0.3) is 10.9 Å². The molecule has 4 unspecified atom stereocenters. The molecule has 0 bridgehead atoms. The van der Waals surface area contributed by atoms with Crippen molar-refractivity contribution in [3.8, 4) is 0 Å². The molecule has 4 atom stereocenters. The number of likely N-dealkylation sites (N-methyl/N-ethyl adjacent to an activating group) is 1. The second kappa shape index (κ2) is 10.1. The monoisotopic (exact) mass is 565 g/mol. The third-order valence-corrected chi connectivity index (χ3v) is 8.26. The number of amides is 2. The summed E-state index contributed by atoms with van der Waals surface area (Å²) in [5.41, 5.74) is 2.12. The Bertz CT molecular complexity index is 1380. The topological polar surface area (TPSA) is 126 Å². The maximum absolute atomic E-state index is 13.2. The number of hydrogen-bond donors (Lipinski definition) is 3. The Balaban J connectivity index is 0.00000280. The van der Waals surface area contributed by atoms with Gasteiger partial charge in [0.2, 0.25) is 0 Å². The highest BCUT2D eigenvalue weighted by atomic mass is 35.5. The molecule has 6 rings (SSSR count). The van der Waals surface area contributed by atoms with E-state index in [-0.39, 0.29) is 24.2 Å². The molecular formula is C24H25Cl2N5O5S. The van der Waals surface area contributed by atoms with Crippen LogP contribution >= 0.6 is 35.3 Å². The van der Waals surface area contributed by atoms with Crippen LogP contribution in [0.1, 0.15) is 43.7 Å². The number of ether oxygens (including phenoxy) is 2. The number of aromatic amines is 1. The number of carbonyl (C=O) groups excluding carboxylic acids is 3. The van der Waals surface area contributed by atoms with Crippen LogP contribution in [-0.2, 0) is 22.4 Å². The van der Waals surface area contributed by atoms with Crippen molar-refractivity contribution in [2.24, 2.45) is 0 Å². The van der Waals surface area contributed by atoms with Crippen molar-refractivity contribution in [1.82, 2.24) is 25.5 Å². The zero-order valence-electron chi connectivity index (χ0n) is 19.8. The molecule has 0 radical (unpaired) electrons. The number of nitrogens with zero attached hydrogens (tertiary/aromatic N) is 2. The van der Waals surface area contributed by atoms with Crippen molar-refractivity contribution in [1.29, 1.82) is 0 Å². The number of hydrogen-bond acceptors (Lipinski definition) is 8. The first-order valence-corrected chi connectivity index (χ1v) is 13.0. The summed E-state index contributed by atoms with van der Waals surface area (Å²) in [5.74, 6) is -0.631. The summed E-state index contributed by atoms with van der Waals surface area (Å²) in [5, 5.41) is 7.83. The van der Waals surface area contributed by atoms with Crippen molar-refractivity contribution >= 4 is 64.2 Å². The second-order valence-electron chi connectivity index (χ2n) is 9.49. The number of rotatable bonds is 4. The van der Waals surface area contributed by atoms with Gasteiger partial charge in [-0.05, 0) is 31.3 Å². The van der Waals surface area contributed by atoms with E-state index < -0.39 is 30.4 Å². The molecule has 2 amide bonds. The van der Waals surface area contributed by atoms with Crippen molar-refractivity contribution in [2.45, 2.75) is 50.1 Å². The van der Waals surface area contributed by atoms with E-state index in [1.54, 1.807) is 18.2 Å². The summed E-state index contributed by atoms with van der Waals surface area (Å²) < 4.78 is 10.6. The van der Waals surface area contributed by atoms with E-state index in [4.69, 9.17) is 21.1 Å². The highest BCUT2D eigenvalue weighted by Crippen LogP contribution is 2.31. The Kier molecular flexibility index (Phi) is 7.06. The molecule has 2 fully saturated rings. The predicted octanol–water partition coefficient (Wildman–Crippen LogP) is 3.28. The van der Waals surface area contributed by atoms with Gasteiger partial charge in [-0.2, -0.15) is 0 Å². The van der Waals surface area contributed by atoms with Gasteiger partial charge < -0.3 is 30.0 Å². The first-order chi connectivity index (χ1) is 17.3. The van der Waals surface area contributed by atoms with Gasteiger partial charge in [-0.3, -0.25) is 9.59 Å². The van der Waals surface area contributed by atoms with Crippen LogP contribution < -0.4 is 10.6 Å². The summed E-state index contributed by atoms with van der Waals surface area (Å²) >= 11 is 7.46. The average molecular weight is 566 g/mol. The lowest BCUT2D eigenvalue weighted by Crippen LogP contribution is -2.58. The highest BCUT2D eigenvalue weighted by Gasteiger charge is 2.47. The smallest absolute Gasteiger partial charge is 0.427 e. The summed E-state index contributed by atoms with van der Waals surface area (Å²) in [6.07, 6.45) is -0.248. The zero-order chi connectivity index (χ0) is 25.0. The molecule has 3 aliphatic rings. The van der Waals surface area contributed by atoms with Gasteiger partial charge >= 0.3 is 6.16 Å². The maximum Gasteiger partial charge on any atom is 0.509 e. The fourth-order valence-corrected chi connectivity index (χ4v) is 6.37. The largest absolute Gasteiger partial charge is 0.509 e. The fraction of sp³-hybridized carbons (Fsp3) is 0.417. The van der Waals surface area contributed by atoms with Gasteiger partial charge in [0.15, 0.2) is 5.01 Å². The highest BCUT2D eigenvalue weighted by molar-refractivity contribution is 7.13. The summed E-state index contributed by atoms with van der Waals surface area (Å²) in [6, 6.07) is 6.11. The number of aromatic nitrogens is 2. The Labute approximate surface area is 227 Å². The van der Waals surface area contributed by atoms with E-state index in [2.05, 4.69) is 25.5 Å². The third kappa shape index (κ3) is 5.13. The molecule has 2 aromatic heterocycles. The molecule has 1 aliphatic carbocycles. The lowest BCUT2D eigenvalue weighted by molar-refractivity contribution is 0.0593. The van der Waals surface area contributed by atoms with Gasteiger partial charge in [-0.15, -0.1) is 23.7 Å². The molecule has 1 saturated heterocycles. The van der Waals surface area contributed by atoms with E-state index in [0.717, 1.165) is 41.0 Å². The fourth-order valence-electron chi connectivity index (χ4n) is 5.10. The van der Waals surface area contributed by atoms with E-state index in [1.165, 1.54) is 11.3 Å². The maximum atomic E-state index is 13.2. The summed E-state index contributed by atoms with van der Waals surface area (Å²) in [7, 11) is 2.04. The van der Waals surface area contributed by atoms with Gasteiger partial charge in [0.1, 0.15) is 17.9 Å². The van der Waals surface area contributed by atoms with E-state index in [9.17, 15) is 14.4 Å². The second-order valence-corrected chi connectivity index (χ2v) is 11.0. The number of H-pyrrole nitrogens is 1. The van der Waals surface area contributed by atoms with E-state index in [1.807, 2.05) is 13.1 Å². The molecule has 3 aromatic rings. The number of nitrogens with one attached hydrogen (secondary N) is 3. The Morgan fingerprint density at radius 3 is 2.57 bits per heavy atom. The van der Waals surface area contributed by atoms with Crippen LogP contribution in [-0.4, -0.2) is 70.7 Å². The zero-order valence-corrected chi connectivity index (χ0v) is 22.2. The van der Waals surface area contributed by atoms with Gasteiger partial charge in [0, 0.05) is 53.2 Å². The number of fused-ring (bicyclic) bond motifs is 3. The van der Waals surface area contributed by atoms with E-state index in [0.29, 0.717) is 28.6 Å². The normalized spacial score (nSPS) is 24.9. The molecular weight excluding hydrogens is 541 g/mol. The van der Waals surface area contributed by atoms with Crippen LogP contribution in [0.4, 0.5) is 4.79 Å². The van der Waals surface area contributed by atoms with Crippen molar-refractivity contribution in [3.63, 3.8) is 0 Å². The number of benzene rings is 1. The first-order valence-electron chi connectivity index (χ1n) is 11.8.